The van der Waals surface area contributed by atoms with Gasteiger partial charge >= 0.3 is 6.01 Å². The fourth-order valence-corrected chi connectivity index (χ4v) is 5.58. The van der Waals surface area contributed by atoms with Crippen LogP contribution in [0.5, 0.6) is 5.75 Å². The smallest absolute Gasteiger partial charge is 0.322 e. The van der Waals surface area contributed by atoms with Gasteiger partial charge in [0.1, 0.15) is 0 Å². The summed E-state index contributed by atoms with van der Waals surface area (Å²) in [5.41, 5.74) is 0.818. The van der Waals surface area contributed by atoms with Crippen molar-refractivity contribution < 1.29 is 26.8 Å². The van der Waals surface area contributed by atoms with Crippen LogP contribution in [0.1, 0.15) is 37.0 Å². The molecule has 2 aromatic heterocycles. The van der Waals surface area contributed by atoms with E-state index >= 15 is 0 Å². The molecule has 4 aromatic rings. The summed E-state index contributed by atoms with van der Waals surface area (Å²) in [7, 11) is -3.59. The number of hydrogen-bond acceptors (Lipinski definition) is 8. The average molecular weight is 511 g/mol. The van der Waals surface area contributed by atoms with E-state index in [-0.39, 0.29) is 22.4 Å². The van der Waals surface area contributed by atoms with Gasteiger partial charge in [-0.05, 0) is 62.1 Å². The van der Waals surface area contributed by atoms with Crippen LogP contribution in [-0.2, 0) is 10.0 Å². The third-order valence-electron chi connectivity index (χ3n) is 6.16. The zero-order chi connectivity index (χ0) is 25.3. The lowest BCUT2D eigenvalue weighted by atomic mass is 10.0. The molecule has 0 unspecified atom stereocenters. The van der Waals surface area contributed by atoms with E-state index in [1.165, 1.54) is 28.6 Å². The number of rotatable bonds is 7. The number of carbonyl (C=O) groups excluding carboxylic acids is 1. The number of benzene rings is 2. The summed E-state index contributed by atoms with van der Waals surface area (Å²) in [6.07, 6.45) is 1.68. The molecule has 10 nitrogen and oxygen atoms in total. The summed E-state index contributed by atoms with van der Waals surface area (Å²) >= 11 is 0. The van der Waals surface area contributed by atoms with Crippen LogP contribution < -0.4 is 10.1 Å². The van der Waals surface area contributed by atoms with Gasteiger partial charge in [-0.25, -0.2) is 8.42 Å². The van der Waals surface area contributed by atoms with Crippen LogP contribution in [0.2, 0.25) is 0 Å². The Balaban J connectivity index is 1.28. The maximum Gasteiger partial charge on any atom is 0.322 e. The molecular formula is C25H26N4O6S. The van der Waals surface area contributed by atoms with E-state index in [0.29, 0.717) is 42.7 Å². The number of anilines is 1. The monoisotopic (exact) mass is 510 g/mol. The molecule has 1 fully saturated rings. The molecule has 0 saturated carbocycles. The Morgan fingerprint density at radius 2 is 1.86 bits per heavy atom. The van der Waals surface area contributed by atoms with E-state index in [2.05, 4.69) is 22.4 Å². The van der Waals surface area contributed by atoms with Crippen molar-refractivity contribution in [3.63, 3.8) is 0 Å². The molecule has 0 aliphatic carbocycles. The Morgan fingerprint density at radius 3 is 2.58 bits per heavy atom. The van der Waals surface area contributed by atoms with Crippen LogP contribution in [-0.4, -0.2) is 48.5 Å². The molecule has 188 valence electrons. The summed E-state index contributed by atoms with van der Waals surface area (Å²) in [5, 5.41) is 11.2. The van der Waals surface area contributed by atoms with Crippen molar-refractivity contribution in [1.29, 1.82) is 0 Å². The van der Waals surface area contributed by atoms with Gasteiger partial charge in [0.25, 0.3) is 11.8 Å². The van der Waals surface area contributed by atoms with Crippen LogP contribution in [0, 0.1) is 5.92 Å². The zero-order valence-corrected chi connectivity index (χ0v) is 20.7. The number of nitrogens with zero attached hydrogens (tertiary/aromatic N) is 3. The molecular weight excluding hydrogens is 484 g/mol. The van der Waals surface area contributed by atoms with Crippen molar-refractivity contribution in [2.75, 3.05) is 25.0 Å². The highest BCUT2D eigenvalue weighted by Gasteiger charge is 2.28. The molecule has 0 radical (unpaired) electrons. The fourth-order valence-electron chi connectivity index (χ4n) is 4.11. The summed E-state index contributed by atoms with van der Waals surface area (Å²) < 4.78 is 44.3. The molecule has 0 spiro atoms. The van der Waals surface area contributed by atoms with Crippen molar-refractivity contribution in [1.82, 2.24) is 14.5 Å². The highest BCUT2D eigenvalue weighted by molar-refractivity contribution is 7.89. The third-order valence-corrected chi connectivity index (χ3v) is 8.07. The van der Waals surface area contributed by atoms with Gasteiger partial charge < -0.3 is 13.6 Å². The van der Waals surface area contributed by atoms with E-state index in [1.54, 1.807) is 6.07 Å². The predicted octanol–water partition coefficient (Wildman–Crippen LogP) is 4.55. The van der Waals surface area contributed by atoms with Crippen LogP contribution in [0.3, 0.4) is 0 Å². The number of furan rings is 1. The number of carbonyl (C=O) groups is 1. The Bertz CT molecular complexity index is 1480. The first-order valence-electron chi connectivity index (χ1n) is 11.8. The number of piperidine rings is 1. The average Bonchev–Trinajstić information content (AvgIpc) is 3.52. The highest BCUT2D eigenvalue weighted by Crippen LogP contribution is 2.33. The number of ether oxygens (including phenoxy) is 1. The van der Waals surface area contributed by atoms with Gasteiger partial charge in [0, 0.05) is 24.0 Å². The largest absolute Gasteiger partial charge is 0.490 e. The second kappa shape index (κ2) is 9.75. The van der Waals surface area contributed by atoms with E-state index in [4.69, 9.17) is 13.6 Å². The number of nitrogens with one attached hydrogen (secondary N) is 1. The molecule has 1 saturated heterocycles. The Labute approximate surface area is 208 Å². The Morgan fingerprint density at radius 1 is 1.11 bits per heavy atom. The number of hydrogen-bond donors (Lipinski definition) is 1. The standard InChI is InChI=1S/C25H26N4O6S/c1-3-33-20-6-4-5-18-15-21(34-22(18)20)24-27-28-25(35-24)26-23(30)17-7-9-19(10-8-17)36(31,32)29-13-11-16(2)12-14-29/h4-10,15-16H,3,11-14H2,1-2H3,(H,26,28,30). The van der Waals surface area contributed by atoms with Gasteiger partial charge in [-0.3, -0.25) is 10.1 Å². The van der Waals surface area contributed by atoms with Crippen molar-refractivity contribution in [2.24, 2.45) is 5.92 Å². The quantitative estimate of drug-likeness (QED) is 0.383. The molecule has 5 rings (SSSR count). The SMILES string of the molecule is CCOc1cccc2cc(-c3nnc(NC(=O)c4ccc(S(=O)(=O)N5CCC(C)CC5)cc4)o3)oc12. The van der Waals surface area contributed by atoms with Crippen molar-refractivity contribution in [3.8, 4) is 17.4 Å². The number of sulfonamides is 1. The topological polar surface area (TPSA) is 128 Å². The number of aromatic nitrogens is 2. The maximum absolute atomic E-state index is 12.9. The Kier molecular flexibility index (Phi) is 6.50. The highest BCUT2D eigenvalue weighted by atomic mass is 32.2. The van der Waals surface area contributed by atoms with Crippen LogP contribution in [0.25, 0.3) is 22.6 Å². The number of amides is 1. The molecule has 1 aliphatic rings. The van der Waals surface area contributed by atoms with Crippen molar-refractivity contribution >= 4 is 32.9 Å². The van der Waals surface area contributed by atoms with Gasteiger partial charge in [0.2, 0.25) is 10.0 Å². The van der Waals surface area contributed by atoms with E-state index in [0.717, 1.165) is 18.2 Å². The zero-order valence-electron chi connectivity index (χ0n) is 19.9. The van der Waals surface area contributed by atoms with Crippen LogP contribution in [0.15, 0.2) is 62.3 Å². The molecule has 2 aromatic carbocycles. The lowest BCUT2D eigenvalue weighted by Gasteiger charge is -2.29. The molecule has 11 heteroatoms. The second-order valence-corrected chi connectivity index (χ2v) is 10.6. The summed E-state index contributed by atoms with van der Waals surface area (Å²) in [4.78, 5) is 12.8. The van der Waals surface area contributed by atoms with Gasteiger partial charge in [-0.15, -0.1) is 5.10 Å². The Hall–Kier alpha value is -3.70. The number of fused-ring (bicyclic) bond motifs is 1. The van der Waals surface area contributed by atoms with Gasteiger partial charge in [0.15, 0.2) is 17.1 Å². The number of para-hydroxylation sites is 1. The summed E-state index contributed by atoms with van der Waals surface area (Å²) in [6, 6.07) is 13.0. The lowest BCUT2D eigenvalue weighted by Crippen LogP contribution is -2.37. The van der Waals surface area contributed by atoms with Gasteiger partial charge in [-0.2, -0.15) is 4.31 Å². The first-order chi connectivity index (χ1) is 17.3. The molecule has 1 aliphatic heterocycles. The maximum atomic E-state index is 12.9. The molecule has 36 heavy (non-hydrogen) atoms. The minimum Gasteiger partial charge on any atom is -0.490 e. The molecule has 0 atom stereocenters. The minimum absolute atomic E-state index is 0.0984. The first kappa shape index (κ1) is 24.0. The van der Waals surface area contributed by atoms with E-state index in [9.17, 15) is 13.2 Å². The molecule has 1 N–H and O–H groups in total. The summed E-state index contributed by atoms with van der Waals surface area (Å²) in [6.45, 7) is 5.51. The van der Waals surface area contributed by atoms with Crippen molar-refractivity contribution in [3.05, 3.63) is 54.1 Å². The van der Waals surface area contributed by atoms with Gasteiger partial charge in [0.05, 0.1) is 11.5 Å². The second-order valence-electron chi connectivity index (χ2n) is 8.70. The molecule has 1 amide bonds. The van der Waals surface area contributed by atoms with E-state index < -0.39 is 15.9 Å². The first-order valence-corrected chi connectivity index (χ1v) is 13.2. The van der Waals surface area contributed by atoms with Crippen LogP contribution in [0.4, 0.5) is 6.01 Å². The lowest BCUT2D eigenvalue weighted by molar-refractivity contribution is 0.102. The van der Waals surface area contributed by atoms with E-state index in [1.807, 2.05) is 25.1 Å². The third kappa shape index (κ3) is 4.71. The minimum atomic E-state index is -3.59. The predicted molar refractivity (Wildman–Crippen MR) is 132 cm³/mol. The fraction of sp³-hybridized carbons (Fsp3) is 0.320. The van der Waals surface area contributed by atoms with Gasteiger partial charge in [-0.1, -0.05) is 24.2 Å². The molecule has 0 bridgehead atoms. The normalized spacial score (nSPS) is 15.3. The van der Waals surface area contributed by atoms with Crippen molar-refractivity contribution in [2.45, 2.75) is 31.6 Å². The molecule has 3 heterocycles. The van der Waals surface area contributed by atoms with Crippen LogP contribution >= 0.6 is 0 Å². The summed E-state index contributed by atoms with van der Waals surface area (Å²) in [5.74, 6) is 1.05.